The van der Waals surface area contributed by atoms with E-state index < -0.39 is 48.0 Å². The first-order valence-corrected chi connectivity index (χ1v) is 16.8. The van der Waals surface area contributed by atoms with Gasteiger partial charge in [-0.05, 0) is 57.8 Å². The van der Waals surface area contributed by atoms with Gasteiger partial charge in [0.05, 0.1) is 6.10 Å². The molecule has 0 spiro atoms. The van der Waals surface area contributed by atoms with Crippen LogP contribution in [0.3, 0.4) is 0 Å². The lowest BCUT2D eigenvalue weighted by Gasteiger charge is -2.41. The number of carbonyl (C=O) groups is 5. The highest BCUT2D eigenvalue weighted by Gasteiger charge is 2.43. The van der Waals surface area contributed by atoms with E-state index in [1.807, 2.05) is 60.6 Å². The minimum atomic E-state index is -1.33. The Balaban J connectivity index is 6.72. The van der Waals surface area contributed by atoms with Gasteiger partial charge in [-0.25, -0.2) is 0 Å². The van der Waals surface area contributed by atoms with Crippen LogP contribution in [0.15, 0.2) is 12.2 Å². The molecule has 11 nitrogen and oxygen atoms in total. The van der Waals surface area contributed by atoms with E-state index >= 15 is 0 Å². The van der Waals surface area contributed by atoms with Crippen molar-refractivity contribution in [2.75, 3.05) is 28.2 Å². The monoisotopic (exact) mass is 651 g/mol. The van der Waals surface area contributed by atoms with E-state index in [-0.39, 0.29) is 41.5 Å². The van der Waals surface area contributed by atoms with Gasteiger partial charge in [-0.1, -0.05) is 67.5 Å². The molecule has 0 aromatic rings. The number of likely N-dealkylation sites (N-methyl/N-ethyl adjacent to an activating group) is 4. The zero-order valence-corrected chi connectivity index (χ0v) is 31.3. The van der Waals surface area contributed by atoms with Crippen molar-refractivity contribution in [2.45, 2.75) is 132 Å². The fourth-order valence-electron chi connectivity index (χ4n) is 5.51. The molecule has 0 aliphatic carbocycles. The van der Waals surface area contributed by atoms with Crippen LogP contribution in [0, 0.1) is 23.7 Å². The summed E-state index contributed by atoms with van der Waals surface area (Å²) in [7, 11) is 6.29. The number of carbonyl (C=O) groups excluding carboxylic acids is 5. The quantitative estimate of drug-likeness (QED) is 0.218. The van der Waals surface area contributed by atoms with E-state index in [0.29, 0.717) is 19.3 Å². The average molecular weight is 652 g/mol. The molecule has 0 aliphatic rings. The summed E-state index contributed by atoms with van der Waals surface area (Å²) in [6.45, 7) is 20.3. The second-order valence-electron chi connectivity index (χ2n) is 14.1. The molecule has 0 fully saturated rings. The summed E-state index contributed by atoms with van der Waals surface area (Å²) in [5, 5.41) is 14.3. The van der Waals surface area contributed by atoms with Gasteiger partial charge < -0.3 is 30.0 Å². The Morgan fingerprint density at radius 1 is 0.717 bits per heavy atom. The standard InChI is InChI=1S/C35H65N5O6/c1-16-18-19-25(11)30(41)29(31(42)36-26(17-2)33(44)37(12)24(9)10)40(15)35(46)28(22(5)6)39(14)34(45)27(20-21(3)4)38(13)32(43)23(7)8/h16,18,21-30,41H,17,19-20H2,1-15H3,(H,36,42)/b18-16+/t25-,26?,27+,28+,29?,30-/m1/s1. The number of nitrogens with one attached hydrogen (secondary N) is 1. The smallest absolute Gasteiger partial charge is 0.246 e. The Kier molecular flexibility index (Phi) is 18.4. The summed E-state index contributed by atoms with van der Waals surface area (Å²) in [5.41, 5.74) is 0. The third-order valence-corrected chi connectivity index (χ3v) is 8.77. The summed E-state index contributed by atoms with van der Waals surface area (Å²) in [6.07, 6.45) is 3.67. The number of rotatable bonds is 18. The van der Waals surface area contributed by atoms with Crippen LogP contribution in [-0.4, -0.2) is 119 Å². The SMILES string of the molecule is C/C=C/C[C@@H](C)[C@@H](O)C(C(=O)NC(CC)C(=O)N(C)C(C)C)N(C)C(=O)[C@H](C(C)C)N(C)C(=O)[C@H](CC(C)C)N(C)C(=O)C(C)C. The molecule has 5 amide bonds. The maximum absolute atomic E-state index is 14.3. The van der Waals surface area contributed by atoms with Gasteiger partial charge in [0.15, 0.2) is 0 Å². The molecule has 46 heavy (non-hydrogen) atoms. The molecule has 0 saturated carbocycles. The Morgan fingerprint density at radius 2 is 1.24 bits per heavy atom. The van der Waals surface area contributed by atoms with Crippen molar-refractivity contribution in [3.8, 4) is 0 Å². The molecule has 266 valence electrons. The first-order chi connectivity index (χ1) is 21.2. The van der Waals surface area contributed by atoms with Crippen LogP contribution in [-0.2, 0) is 24.0 Å². The molecular weight excluding hydrogens is 586 g/mol. The van der Waals surface area contributed by atoms with E-state index in [1.54, 1.807) is 53.7 Å². The van der Waals surface area contributed by atoms with Crippen LogP contribution in [0.1, 0.15) is 95.4 Å². The van der Waals surface area contributed by atoms with Gasteiger partial charge in [0, 0.05) is 40.2 Å². The van der Waals surface area contributed by atoms with E-state index in [9.17, 15) is 29.1 Å². The van der Waals surface area contributed by atoms with Crippen LogP contribution in [0.4, 0.5) is 0 Å². The lowest BCUT2D eigenvalue weighted by Crippen LogP contribution is -2.63. The number of aliphatic hydroxyl groups excluding tert-OH is 1. The summed E-state index contributed by atoms with van der Waals surface area (Å²) < 4.78 is 0. The van der Waals surface area contributed by atoms with Crippen molar-refractivity contribution in [1.29, 1.82) is 0 Å². The number of hydrogen-bond acceptors (Lipinski definition) is 6. The number of aliphatic hydroxyl groups is 1. The van der Waals surface area contributed by atoms with Crippen LogP contribution >= 0.6 is 0 Å². The molecule has 0 bridgehead atoms. The lowest BCUT2D eigenvalue weighted by molar-refractivity contribution is -0.156. The second-order valence-corrected chi connectivity index (χ2v) is 14.1. The van der Waals surface area contributed by atoms with Gasteiger partial charge in [0.1, 0.15) is 24.2 Å². The predicted octanol–water partition coefficient (Wildman–Crippen LogP) is 3.55. The highest BCUT2D eigenvalue weighted by Crippen LogP contribution is 2.23. The number of allylic oxidation sites excluding steroid dienone is 2. The van der Waals surface area contributed by atoms with Crippen molar-refractivity contribution in [3.05, 3.63) is 12.2 Å². The molecule has 0 saturated heterocycles. The molecular formula is C35H65N5O6. The van der Waals surface area contributed by atoms with Gasteiger partial charge in [-0.15, -0.1) is 0 Å². The highest BCUT2D eigenvalue weighted by molar-refractivity contribution is 5.96. The molecule has 2 unspecified atom stereocenters. The van der Waals surface area contributed by atoms with Crippen LogP contribution < -0.4 is 5.32 Å². The van der Waals surface area contributed by atoms with Crippen LogP contribution in [0.5, 0.6) is 0 Å². The van der Waals surface area contributed by atoms with Gasteiger partial charge in [0.2, 0.25) is 29.5 Å². The molecule has 0 rings (SSSR count). The first kappa shape index (κ1) is 43.0. The van der Waals surface area contributed by atoms with Crippen LogP contribution in [0.25, 0.3) is 0 Å². The largest absolute Gasteiger partial charge is 0.390 e. The molecule has 0 heterocycles. The van der Waals surface area contributed by atoms with Gasteiger partial charge >= 0.3 is 0 Å². The fourth-order valence-corrected chi connectivity index (χ4v) is 5.51. The first-order valence-electron chi connectivity index (χ1n) is 16.8. The second kappa shape index (κ2) is 19.7. The van der Waals surface area contributed by atoms with E-state index in [1.165, 1.54) is 21.7 Å². The number of hydrogen-bond donors (Lipinski definition) is 2. The summed E-state index contributed by atoms with van der Waals surface area (Å²) in [5.74, 6) is -2.95. The molecule has 2 N–H and O–H groups in total. The van der Waals surface area contributed by atoms with Crippen molar-refractivity contribution < 1.29 is 29.1 Å². The van der Waals surface area contributed by atoms with Gasteiger partial charge in [0.25, 0.3) is 0 Å². The van der Waals surface area contributed by atoms with Crippen LogP contribution in [0.2, 0.25) is 0 Å². The maximum atomic E-state index is 14.3. The van der Waals surface area contributed by atoms with Gasteiger partial charge in [-0.3, -0.25) is 24.0 Å². The molecule has 0 aromatic carbocycles. The van der Waals surface area contributed by atoms with Gasteiger partial charge in [-0.2, -0.15) is 0 Å². The van der Waals surface area contributed by atoms with E-state index in [4.69, 9.17) is 0 Å². The Hall–Kier alpha value is -2.95. The normalized spacial score (nSPS) is 15.8. The minimum absolute atomic E-state index is 0.0841. The fraction of sp³-hybridized carbons (Fsp3) is 0.800. The molecule has 0 aromatic heterocycles. The molecule has 0 aliphatic heterocycles. The average Bonchev–Trinajstić information content (AvgIpc) is 2.98. The molecule has 0 radical (unpaired) electrons. The van der Waals surface area contributed by atoms with Crippen molar-refractivity contribution in [2.24, 2.45) is 23.7 Å². The summed E-state index contributed by atoms with van der Waals surface area (Å²) >= 11 is 0. The van der Waals surface area contributed by atoms with E-state index in [0.717, 1.165) is 0 Å². The predicted molar refractivity (Wildman–Crippen MR) is 184 cm³/mol. The zero-order chi connectivity index (χ0) is 36.2. The summed E-state index contributed by atoms with van der Waals surface area (Å²) in [6, 6.07) is -4.03. The van der Waals surface area contributed by atoms with Crippen molar-refractivity contribution in [1.82, 2.24) is 24.9 Å². The minimum Gasteiger partial charge on any atom is -0.390 e. The zero-order valence-electron chi connectivity index (χ0n) is 31.3. The number of nitrogens with zero attached hydrogens (tertiary/aromatic N) is 4. The van der Waals surface area contributed by atoms with Crippen molar-refractivity contribution in [3.63, 3.8) is 0 Å². The molecule has 11 heteroatoms. The maximum Gasteiger partial charge on any atom is 0.246 e. The molecule has 6 atom stereocenters. The number of amides is 5. The highest BCUT2D eigenvalue weighted by atomic mass is 16.3. The topological polar surface area (TPSA) is 131 Å². The summed E-state index contributed by atoms with van der Waals surface area (Å²) in [4.78, 5) is 74.0. The third-order valence-electron chi connectivity index (χ3n) is 8.77. The van der Waals surface area contributed by atoms with Crippen molar-refractivity contribution >= 4 is 29.5 Å². The lowest BCUT2D eigenvalue weighted by atomic mass is 9.91. The van der Waals surface area contributed by atoms with E-state index in [2.05, 4.69) is 5.32 Å². The Morgan fingerprint density at radius 3 is 1.65 bits per heavy atom. The Bertz CT molecular complexity index is 1040. The Labute approximate surface area is 279 Å². The third kappa shape index (κ3) is 11.7.